The molecule has 1 aliphatic rings. The van der Waals surface area contributed by atoms with Crippen LogP contribution in [0.4, 0.5) is 0 Å². The zero-order valence-electron chi connectivity index (χ0n) is 21.5. The van der Waals surface area contributed by atoms with Gasteiger partial charge < -0.3 is 0 Å². The average molecular weight is 486 g/mol. The fraction of sp³-hybridized carbons (Fsp3) is 0.464. The molecule has 3 aromatic heterocycles. The van der Waals surface area contributed by atoms with E-state index in [1.807, 2.05) is 59.6 Å². The van der Waals surface area contributed by atoms with Crippen LogP contribution in [-0.4, -0.2) is 34.7 Å². The normalized spacial score (nSPS) is 20.1. The SMILES string of the molecule is CCCC(C1C(CC)C1C(C)C)n1ccn(Cc2ccc(-c3ccccc3-c3nnn[nH]3)nc2)c1=O. The van der Waals surface area contributed by atoms with Crippen LogP contribution in [0.3, 0.4) is 0 Å². The van der Waals surface area contributed by atoms with Gasteiger partial charge in [0.2, 0.25) is 0 Å². The molecule has 1 N–H and O–H groups in total. The van der Waals surface area contributed by atoms with Crippen LogP contribution in [0.15, 0.2) is 59.8 Å². The summed E-state index contributed by atoms with van der Waals surface area (Å²) in [5.41, 5.74) is 3.73. The number of imidazole rings is 1. The number of aromatic amines is 1. The van der Waals surface area contributed by atoms with E-state index in [0.29, 0.717) is 30.1 Å². The van der Waals surface area contributed by atoms with Crippen molar-refractivity contribution in [3.63, 3.8) is 0 Å². The number of rotatable bonds is 10. The topological polar surface area (TPSA) is 94.3 Å². The van der Waals surface area contributed by atoms with Gasteiger partial charge in [0.05, 0.1) is 12.2 Å². The second-order valence-electron chi connectivity index (χ2n) is 10.3. The summed E-state index contributed by atoms with van der Waals surface area (Å²) >= 11 is 0. The van der Waals surface area contributed by atoms with Gasteiger partial charge in [-0.2, -0.15) is 0 Å². The van der Waals surface area contributed by atoms with Crippen LogP contribution in [0.2, 0.25) is 0 Å². The molecule has 188 valence electrons. The molecule has 4 aromatic rings. The zero-order chi connectivity index (χ0) is 25.2. The van der Waals surface area contributed by atoms with Crippen molar-refractivity contribution in [3.05, 3.63) is 71.0 Å². The van der Waals surface area contributed by atoms with Gasteiger partial charge in [0, 0.05) is 35.8 Å². The molecule has 1 saturated carbocycles. The highest BCUT2D eigenvalue weighted by Crippen LogP contribution is 2.58. The van der Waals surface area contributed by atoms with Gasteiger partial charge in [-0.05, 0) is 52.1 Å². The summed E-state index contributed by atoms with van der Waals surface area (Å²) in [4.78, 5) is 18.1. The predicted molar refractivity (Wildman–Crippen MR) is 140 cm³/mol. The van der Waals surface area contributed by atoms with Gasteiger partial charge in [0.1, 0.15) is 0 Å². The minimum Gasteiger partial charge on any atom is -0.296 e. The number of pyridine rings is 1. The molecule has 0 radical (unpaired) electrons. The summed E-state index contributed by atoms with van der Waals surface area (Å²) < 4.78 is 3.81. The van der Waals surface area contributed by atoms with Gasteiger partial charge in [0.15, 0.2) is 5.82 Å². The van der Waals surface area contributed by atoms with Gasteiger partial charge in [0.25, 0.3) is 0 Å². The van der Waals surface area contributed by atoms with Gasteiger partial charge in [-0.1, -0.05) is 70.9 Å². The van der Waals surface area contributed by atoms with E-state index in [-0.39, 0.29) is 11.7 Å². The number of nitrogens with one attached hydrogen (secondary N) is 1. The van der Waals surface area contributed by atoms with Crippen molar-refractivity contribution >= 4 is 0 Å². The third-order valence-electron chi connectivity index (χ3n) is 7.77. The van der Waals surface area contributed by atoms with E-state index in [1.54, 1.807) is 4.57 Å². The Kier molecular flexibility index (Phi) is 6.85. The molecule has 1 aromatic carbocycles. The third-order valence-corrected chi connectivity index (χ3v) is 7.77. The van der Waals surface area contributed by atoms with E-state index in [4.69, 9.17) is 4.98 Å². The Balaban J connectivity index is 1.36. The van der Waals surface area contributed by atoms with Gasteiger partial charge in [-0.15, -0.1) is 5.10 Å². The molecule has 1 aliphatic carbocycles. The van der Waals surface area contributed by atoms with Crippen LogP contribution in [-0.2, 0) is 6.54 Å². The Morgan fingerprint density at radius 3 is 2.44 bits per heavy atom. The van der Waals surface area contributed by atoms with Crippen molar-refractivity contribution in [1.82, 2.24) is 34.7 Å². The molecule has 4 unspecified atom stereocenters. The molecule has 0 saturated heterocycles. The lowest BCUT2D eigenvalue weighted by molar-refractivity contribution is 0.352. The molecule has 8 heteroatoms. The molecule has 0 amide bonds. The van der Waals surface area contributed by atoms with E-state index in [9.17, 15) is 4.79 Å². The molecule has 0 bridgehead atoms. The maximum atomic E-state index is 13.4. The lowest BCUT2D eigenvalue weighted by Gasteiger charge is -2.18. The van der Waals surface area contributed by atoms with Crippen LogP contribution in [0.5, 0.6) is 0 Å². The summed E-state index contributed by atoms with van der Waals surface area (Å²) in [6.07, 6.45) is 9.09. The van der Waals surface area contributed by atoms with E-state index < -0.39 is 0 Å². The first-order valence-electron chi connectivity index (χ1n) is 13.1. The molecular formula is C28H35N7O. The quantitative estimate of drug-likeness (QED) is 0.333. The van der Waals surface area contributed by atoms with Crippen molar-refractivity contribution in [1.29, 1.82) is 0 Å². The first kappa shape index (κ1) is 24.2. The first-order chi connectivity index (χ1) is 17.5. The lowest BCUT2D eigenvalue weighted by Crippen LogP contribution is -2.29. The molecule has 3 heterocycles. The molecule has 5 rings (SSSR count). The number of benzene rings is 1. The highest BCUT2D eigenvalue weighted by Gasteiger charge is 2.54. The Labute approximate surface area is 211 Å². The van der Waals surface area contributed by atoms with Crippen molar-refractivity contribution in [2.75, 3.05) is 0 Å². The highest BCUT2D eigenvalue weighted by molar-refractivity contribution is 5.78. The number of aromatic nitrogens is 7. The molecule has 1 fully saturated rings. The highest BCUT2D eigenvalue weighted by atomic mass is 16.1. The fourth-order valence-corrected chi connectivity index (χ4v) is 6.13. The van der Waals surface area contributed by atoms with E-state index >= 15 is 0 Å². The van der Waals surface area contributed by atoms with E-state index in [2.05, 4.69) is 48.3 Å². The molecule has 8 nitrogen and oxygen atoms in total. The number of hydrogen-bond acceptors (Lipinski definition) is 5. The van der Waals surface area contributed by atoms with Crippen LogP contribution in [0.25, 0.3) is 22.6 Å². The Bertz CT molecular complexity index is 1340. The second kappa shape index (κ2) is 10.2. The molecular weight excluding hydrogens is 450 g/mol. The monoisotopic (exact) mass is 485 g/mol. The largest absolute Gasteiger partial charge is 0.328 e. The number of hydrogen-bond donors (Lipinski definition) is 1. The van der Waals surface area contributed by atoms with Crippen molar-refractivity contribution in [2.45, 2.75) is 59.5 Å². The smallest absolute Gasteiger partial charge is 0.296 e. The predicted octanol–water partition coefficient (Wildman–Crippen LogP) is 5.21. The average Bonchev–Trinajstić information content (AvgIpc) is 3.17. The van der Waals surface area contributed by atoms with Crippen molar-refractivity contribution in [2.24, 2.45) is 23.7 Å². The van der Waals surface area contributed by atoms with Crippen molar-refractivity contribution in [3.8, 4) is 22.6 Å². The Morgan fingerprint density at radius 1 is 1.03 bits per heavy atom. The van der Waals surface area contributed by atoms with Gasteiger partial charge in [-0.3, -0.25) is 14.1 Å². The Morgan fingerprint density at radius 2 is 1.83 bits per heavy atom. The van der Waals surface area contributed by atoms with E-state index in [0.717, 1.165) is 41.1 Å². The second-order valence-corrected chi connectivity index (χ2v) is 10.3. The number of H-pyrrole nitrogens is 1. The fourth-order valence-electron chi connectivity index (χ4n) is 6.13. The summed E-state index contributed by atoms with van der Waals surface area (Å²) in [6.45, 7) is 9.64. The minimum atomic E-state index is 0.0740. The maximum Gasteiger partial charge on any atom is 0.328 e. The molecule has 36 heavy (non-hydrogen) atoms. The lowest BCUT2D eigenvalue weighted by atomic mass is 10.0. The van der Waals surface area contributed by atoms with E-state index in [1.165, 1.54) is 6.42 Å². The van der Waals surface area contributed by atoms with Crippen LogP contribution < -0.4 is 5.69 Å². The number of nitrogens with zero attached hydrogens (tertiary/aromatic N) is 6. The van der Waals surface area contributed by atoms with Gasteiger partial charge >= 0.3 is 5.69 Å². The zero-order valence-corrected chi connectivity index (χ0v) is 21.5. The summed E-state index contributed by atoms with van der Waals surface area (Å²) in [5, 5.41) is 14.2. The van der Waals surface area contributed by atoms with Crippen molar-refractivity contribution < 1.29 is 0 Å². The summed E-state index contributed by atoms with van der Waals surface area (Å²) in [7, 11) is 0. The molecule has 0 aliphatic heterocycles. The summed E-state index contributed by atoms with van der Waals surface area (Å²) in [6, 6.07) is 12.2. The molecule has 0 spiro atoms. The maximum absolute atomic E-state index is 13.4. The van der Waals surface area contributed by atoms with Crippen LogP contribution in [0.1, 0.15) is 58.6 Å². The summed E-state index contributed by atoms with van der Waals surface area (Å²) in [5.74, 6) is 3.31. The molecule has 4 atom stereocenters. The standard InChI is InChI=1S/C28H35N7O/c1-5-9-24(26-20(6-2)25(26)18(3)4)35-15-14-34(28(35)36)17-19-12-13-23(29-16-19)21-10-7-8-11-22(21)27-30-32-33-31-27/h7-8,10-16,18,20,24-26H,5-6,9,17H2,1-4H3,(H,30,31,32,33). The third kappa shape index (κ3) is 4.52. The van der Waals surface area contributed by atoms with Crippen LogP contribution in [0, 0.1) is 23.7 Å². The minimum absolute atomic E-state index is 0.0740. The number of tetrazole rings is 1. The Hall–Kier alpha value is -3.55. The first-order valence-corrected chi connectivity index (χ1v) is 13.1. The van der Waals surface area contributed by atoms with Crippen LogP contribution >= 0.6 is 0 Å². The van der Waals surface area contributed by atoms with Gasteiger partial charge in [-0.25, -0.2) is 9.89 Å².